The van der Waals surface area contributed by atoms with Gasteiger partial charge in [0.25, 0.3) is 11.8 Å². The maximum absolute atomic E-state index is 12.8. The van der Waals surface area contributed by atoms with Crippen LogP contribution in [0, 0.1) is 0 Å². The van der Waals surface area contributed by atoms with E-state index < -0.39 is 55.3 Å². The average Bonchev–Trinajstić information content (AvgIpc) is 2.93. The number of para-hydroxylation sites is 2. The third kappa shape index (κ3) is 9.85. The van der Waals surface area contributed by atoms with E-state index in [-0.39, 0.29) is 30.1 Å². The van der Waals surface area contributed by atoms with E-state index in [4.69, 9.17) is 5.11 Å². The summed E-state index contributed by atoms with van der Waals surface area (Å²) in [6.45, 7) is 1.35. The monoisotopic (exact) mass is 569 g/mol. The highest BCUT2D eigenvalue weighted by Gasteiger charge is 2.25. The summed E-state index contributed by atoms with van der Waals surface area (Å²) in [6.07, 6.45) is -0.0579. The Morgan fingerprint density at radius 3 is 2.12 bits per heavy atom. The number of aliphatic carboxylic acids is 1. The van der Waals surface area contributed by atoms with Gasteiger partial charge in [-0.15, -0.1) is 0 Å². The highest BCUT2D eigenvalue weighted by atomic mass is 16.4. The second-order valence-electron chi connectivity index (χ2n) is 8.93. The van der Waals surface area contributed by atoms with E-state index in [9.17, 15) is 38.7 Å². The Kier molecular flexibility index (Phi) is 12.1. The van der Waals surface area contributed by atoms with E-state index >= 15 is 0 Å². The molecule has 0 fully saturated rings. The number of hydrogen-bond donors (Lipinski definition) is 5. The van der Waals surface area contributed by atoms with Gasteiger partial charge in [-0.05, 0) is 43.3 Å². The summed E-state index contributed by atoms with van der Waals surface area (Å²) in [6, 6.07) is 10.2. The average molecular weight is 570 g/mol. The van der Waals surface area contributed by atoms with E-state index in [1.165, 1.54) is 31.2 Å². The lowest BCUT2D eigenvalue weighted by molar-refractivity contribution is -0.138. The van der Waals surface area contributed by atoms with E-state index in [0.717, 1.165) is 9.80 Å². The lowest BCUT2D eigenvalue weighted by Gasteiger charge is -2.30. The number of carboxylic acids is 1. The van der Waals surface area contributed by atoms with Crippen LogP contribution >= 0.6 is 0 Å². The van der Waals surface area contributed by atoms with Crippen LogP contribution in [0.25, 0.3) is 0 Å². The van der Waals surface area contributed by atoms with Gasteiger partial charge in [0.2, 0.25) is 18.2 Å². The Morgan fingerprint density at radius 1 is 0.951 bits per heavy atom. The van der Waals surface area contributed by atoms with Gasteiger partial charge in [-0.1, -0.05) is 12.1 Å². The van der Waals surface area contributed by atoms with Crippen molar-refractivity contribution < 1.29 is 43.8 Å². The first kappa shape index (κ1) is 32.1. The summed E-state index contributed by atoms with van der Waals surface area (Å²) in [5.41, 5.74) is 1.05. The number of nitrogens with one attached hydrogen (secondary N) is 3. The van der Waals surface area contributed by atoms with Crippen LogP contribution in [-0.4, -0.2) is 84.3 Å². The van der Waals surface area contributed by atoms with Crippen molar-refractivity contribution in [3.8, 4) is 0 Å². The van der Waals surface area contributed by atoms with Gasteiger partial charge in [0.05, 0.1) is 23.8 Å². The number of aliphatic hydroxyl groups is 1. The Balaban J connectivity index is 2.22. The predicted molar refractivity (Wildman–Crippen MR) is 147 cm³/mol. The van der Waals surface area contributed by atoms with Crippen LogP contribution in [0.1, 0.15) is 30.6 Å². The zero-order chi connectivity index (χ0) is 30.5. The van der Waals surface area contributed by atoms with Crippen molar-refractivity contribution in [2.24, 2.45) is 0 Å². The Hall–Kier alpha value is -5.11. The number of aliphatic hydroxyl groups excluding tert-OH is 1. The molecule has 218 valence electrons. The molecule has 2 aromatic carbocycles. The number of nitrogens with zero attached hydrogens (tertiary/aromatic N) is 2. The molecule has 41 heavy (non-hydrogen) atoms. The molecule has 0 radical (unpaired) electrons. The summed E-state index contributed by atoms with van der Waals surface area (Å²) in [5.74, 6) is -3.61. The Bertz CT molecular complexity index is 1280. The number of aldehydes is 1. The first-order chi connectivity index (χ1) is 19.5. The molecule has 0 saturated carbocycles. The SMILES string of the molecule is CC(=O)Nc1ccc(C(=O)NC(C)CN(C(=O)CO)c2ccccc2N(C=O)CC(=O)NC(C=O)CC(=O)O)cc1. The molecule has 0 aliphatic heterocycles. The van der Waals surface area contributed by atoms with Crippen LogP contribution in [0.4, 0.5) is 17.1 Å². The second kappa shape index (κ2) is 15.5. The standard InChI is InChI=1S/C27H31N5O9/c1-17(28-27(41)19-7-9-20(10-8-19)29-18(2)36)12-32(25(38)15-34)23-6-4-3-5-22(23)31(16-35)13-24(37)30-21(14-33)11-26(39)40/h3-10,14,16-17,21,34H,11-13,15H2,1-2H3,(H,28,41)(H,29,36)(H,30,37)(H,39,40). The molecule has 0 heterocycles. The molecule has 0 bridgehead atoms. The fraction of sp³-hybridized carbons (Fsp3) is 0.296. The molecule has 0 aliphatic carbocycles. The lowest BCUT2D eigenvalue weighted by atomic mass is 10.1. The van der Waals surface area contributed by atoms with Crippen LogP contribution in [0.15, 0.2) is 48.5 Å². The third-order valence-corrected chi connectivity index (χ3v) is 5.57. The largest absolute Gasteiger partial charge is 0.481 e. The number of carbonyl (C=O) groups is 7. The van der Waals surface area contributed by atoms with Gasteiger partial charge in [-0.25, -0.2) is 0 Å². The number of carbonyl (C=O) groups excluding carboxylic acids is 6. The number of benzene rings is 2. The van der Waals surface area contributed by atoms with Crippen molar-refractivity contribution in [2.45, 2.75) is 32.4 Å². The molecule has 0 aliphatic rings. The number of anilines is 3. The zero-order valence-corrected chi connectivity index (χ0v) is 22.4. The first-order valence-electron chi connectivity index (χ1n) is 12.4. The van der Waals surface area contributed by atoms with Crippen molar-refractivity contribution in [3.05, 3.63) is 54.1 Å². The highest BCUT2D eigenvalue weighted by molar-refractivity contribution is 6.01. The number of hydrogen-bond acceptors (Lipinski definition) is 8. The number of carboxylic acid groups (broad SMARTS) is 1. The Labute approximate surface area is 235 Å². The van der Waals surface area contributed by atoms with Crippen molar-refractivity contribution in [1.29, 1.82) is 0 Å². The topological polar surface area (TPSA) is 203 Å². The van der Waals surface area contributed by atoms with E-state index in [1.807, 2.05) is 0 Å². The summed E-state index contributed by atoms with van der Waals surface area (Å²) < 4.78 is 0. The van der Waals surface area contributed by atoms with Gasteiger partial charge in [-0.2, -0.15) is 0 Å². The smallest absolute Gasteiger partial charge is 0.305 e. The summed E-state index contributed by atoms with van der Waals surface area (Å²) in [7, 11) is 0. The highest BCUT2D eigenvalue weighted by Crippen LogP contribution is 2.29. The third-order valence-electron chi connectivity index (χ3n) is 5.57. The quantitative estimate of drug-likeness (QED) is 0.182. The predicted octanol–water partition coefficient (Wildman–Crippen LogP) is -0.0900. The van der Waals surface area contributed by atoms with Gasteiger partial charge in [0.15, 0.2) is 0 Å². The van der Waals surface area contributed by atoms with E-state index in [2.05, 4.69) is 16.0 Å². The molecule has 5 amide bonds. The fourth-order valence-corrected chi connectivity index (χ4v) is 3.80. The lowest BCUT2D eigenvalue weighted by Crippen LogP contribution is -2.46. The zero-order valence-electron chi connectivity index (χ0n) is 22.4. The molecule has 5 N–H and O–H groups in total. The van der Waals surface area contributed by atoms with Crippen molar-refractivity contribution in [1.82, 2.24) is 10.6 Å². The molecular formula is C27H31N5O9. The van der Waals surface area contributed by atoms with Crippen LogP contribution in [0.5, 0.6) is 0 Å². The maximum Gasteiger partial charge on any atom is 0.305 e. The van der Waals surface area contributed by atoms with Crippen LogP contribution in [0.3, 0.4) is 0 Å². The van der Waals surface area contributed by atoms with Crippen LogP contribution in [0.2, 0.25) is 0 Å². The van der Waals surface area contributed by atoms with Crippen LogP contribution in [-0.2, 0) is 28.8 Å². The Morgan fingerprint density at radius 2 is 1.59 bits per heavy atom. The molecule has 0 saturated heterocycles. The van der Waals surface area contributed by atoms with Crippen LogP contribution < -0.4 is 25.8 Å². The van der Waals surface area contributed by atoms with Gasteiger partial charge >= 0.3 is 5.97 Å². The van der Waals surface area contributed by atoms with Crippen molar-refractivity contribution >= 4 is 59.4 Å². The summed E-state index contributed by atoms with van der Waals surface area (Å²) in [5, 5.41) is 26.0. The minimum Gasteiger partial charge on any atom is -0.481 e. The maximum atomic E-state index is 12.8. The molecule has 14 nitrogen and oxygen atoms in total. The van der Waals surface area contributed by atoms with Gasteiger partial charge in [0.1, 0.15) is 19.4 Å². The van der Waals surface area contributed by atoms with Gasteiger partial charge < -0.3 is 40.8 Å². The molecule has 2 unspecified atom stereocenters. The van der Waals surface area contributed by atoms with E-state index in [0.29, 0.717) is 17.7 Å². The first-order valence-corrected chi connectivity index (χ1v) is 12.4. The second-order valence-corrected chi connectivity index (χ2v) is 8.93. The number of amides is 5. The minimum absolute atomic E-state index is 0.104. The number of rotatable bonds is 15. The van der Waals surface area contributed by atoms with Gasteiger partial charge in [-0.3, -0.25) is 28.8 Å². The normalized spacial score (nSPS) is 11.8. The summed E-state index contributed by atoms with van der Waals surface area (Å²) >= 11 is 0. The fourth-order valence-electron chi connectivity index (χ4n) is 3.80. The molecule has 2 atom stereocenters. The van der Waals surface area contributed by atoms with Crippen molar-refractivity contribution in [2.75, 3.05) is 34.8 Å². The minimum atomic E-state index is -1.30. The molecule has 14 heteroatoms. The van der Waals surface area contributed by atoms with E-state index in [1.54, 1.807) is 31.2 Å². The molecule has 2 aromatic rings. The summed E-state index contributed by atoms with van der Waals surface area (Å²) in [4.78, 5) is 85.2. The van der Waals surface area contributed by atoms with Gasteiger partial charge in [0, 0.05) is 30.8 Å². The molecule has 2 rings (SSSR count). The molecular weight excluding hydrogens is 538 g/mol. The molecule has 0 spiro atoms. The van der Waals surface area contributed by atoms with Crippen molar-refractivity contribution in [3.63, 3.8) is 0 Å². The molecule has 0 aromatic heterocycles.